The van der Waals surface area contributed by atoms with Crippen LogP contribution < -0.4 is 4.74 Å². The molecule has 1 N–H and O–H groups in total. The highest BCUT2D eigenvalue weighted by molar-refractivity contribution is 5.64. The van der Waals surface area contributed by atoms with Crippen molar-refractivity contribution in [1.29, 1.82) is 0 Å². The van der Waals surface area contributed by atoms with Crippen LogP contribution in [0.2, 0.25) is 0 Å². The number of ether oxygens (including phenoxy) is 1. The van der Waals surface area contributed by atoms with Gasteiger partial charge in [-0.2, -0.15) is 0 Å². The first kappa shape index (κ1) is 23.9. The first-order valence-electron chi connectivity index (χ1n) is 9.94. The molecule has 2 aromatic rings. The van der Waals surface area contributed by atoms with Gasteiger partial charge in [-0.3, -0.25) is 0 Å². The first-order valence-corrected chi connectivity index (χ1v) is 9.94. The Morgan fingerprint density at radius 2 is 1.57 bits per heavy atom. The highest BCUT2D eigenvalue weighted by atomic mass is 19.2. The van der Waals surface area contributed by atoms with E-state index in [1.807, 2.05) is 13.8 Å². The Kier molecular flexibility index (Phi) is 7.70. The monoisotopic (exact) mass is 424 g/mol. The lowest BCUT2D eigenvalue weighted by molar-refractivity contribution is -0.0103. The van der Waals surface area contributed by atoms with Gasteiger partial charge in [-0.1, -0.05) is 26.0 Å². The van der Waals surface area contributed by atoms with Gasteiger partial charge in [0, 0.05) is 11.8 Å². The average molecular weight is 424 g/mol. The Balaban J connectivity index is 2.18. The summed E-state index contributed by atoms with van der Waals surface area (Å²) in [5.74, 6) is -4.45. The molecular formula is C24H28F4O2. The van der Waals surface area contributed by atoms with E-state index in [2.05, 4.69) is 0 Å². The number of hydrogen-bond donors (Lipinski definition) is 1. The summed E-state index contributed by atoms with van der Waals surface area (Å²) < 4.78 is 59.9. The van der Waals surface area contributed by atoms with E-state index in [1.54, 1.807) is 45.0 Å². The highest BCUT2D eigenvalue weighted by Crippen LogP contribution is 2.32. The van der Waals surface area contributed by atoms with Gasteiger partial charge in [0.2, 0.25) is 0 Å². The van der Waals surface area contributed by atoms with Gasteiger partial charge < -0.3 is 9.84 Å². The molecule has 0 saturated carbocycles. The average Bonchev–Trinajstić information content (AvgIpc) is 2.68. The van der Waals surface area contributed by atoms with Gasteiger partial charge in [0.1, 0.15) is 5.75 Å². The van der Waals surface area contributed by atoms with E-state index >= 15 is 0 Å². The topological polar surface area (TPSA) is 29.5 Å². The van der Waals surface area contributed by atoms with Crippen molar-refractivity contribution in [3.05, 3.63) is 65.8 Å². The number of allylic oxidation sites excluding steroid dienone is 1. The smallest absolute Gasteiger partial charge is 0.194 e. The lowest BCUT2D eigenvalue weighted by Gasteiger charge is -2.35. The van der Waals surface area contributed by atoms with Crippen LogP contribution in [0.5, 0.6) is 5.75 Å². The molecule has 0 unspecified atom stereocenters. The Morgan fingerprint density at radius 1 is 1.03 bits per heavy atom. The zero-order valence-electron chi connectivity index (χ0n) is 17.8. The summed E-state index contributed by atoms with van der Waals surface area (Å²) in [5, 5.41) is 10.5. The zero-order valence-corrected chi connectivity index (χ0v) is 17.8. The van der Waals surface area contributed by atoms with Crippen molar-refractivity contribution in [2.75, 3.05) is 0 Å². The number of benzene rings is 2. The van der Waals surface area contributed by atoms with Gasteiger partial charge in [0.25, 0.3) is 0 Å². The fourth-order valence-corrected chi connectivity index (χ4v) is 3.37. The Hall–Kier alpha value is -2.34. The Morgan fingerprint density at radius 3 is 2.03 bits per heavy atom. The van der Waals surface area contributed by atoms with Crippen LogP contribution in [0, 0.1) is 29.3 Å². The molecule has 0 aromatic heterocycles. The van der Waals surface area contributed by atoms with Crippen LogP contribution in [0.4, 0.5) is 17.6 Å². The molecule has 0 aliphatic rings. The molecule has 2 rings (SSSR count). The summed E-state index contributed by atoms with van der Waals surface area (Å²) in [6, 6.07) is 8.37. The largest absolute Gasteiger partial charge is 0.490 e. The molecule has 6 heteroatoms. The molecule has 0 radical (unpaired) electrons. The fraction of sp³-hybridized carbons (Fsp3) is 0.417. The third-order valence-corrected chi connectivity index (χ3v) is 5.31. The second kappa shape index (κ2) is 9.65. The van der Waals surface area contributed by atoms with Crippen LogP contribution in [0.3, 0.4) is 0 Å². The van der Waals surface area contributed by atoms with E-state index in [1.165, 1.54) is 6.08 Å². The van der Waals surface area contributed by atoms with Crippen molar-refractivity contribution in [2.24, 2.45) is 11.8 Å². The maximum atomic E-state index is 13.9. The molecule has 0 aliphatic carbocycles. The molecular weight excluding hydrogens is 396 g/mol. The van der Waals surface area contributed by atoms with Crippen LogP contribution >= 0.6 is 0 Å². The molecule has 3 atom stereocenters. The number of hydrogen-bond acceptors (Lipinski definition) is 2. The van der Waals surface area contributed by atoms with Crippen molar-refractivity contribution in [1.82, 2.24) is 0 Å². The lowest BCUT2D eigenvalue weighted by atomic mass is 9.78. The van der Waals surface area contributed by atoms with E-state index in [4.69, 9.17) is 4.74 Å². The van der Waals surface area contributed by atoms with Crippen LogP contribution in [-0.4, -0.2) is 16.8 Å². The van der Waals surface area contributed by atoms with E-state index < -0.39 is 29.0 Å². The van der Waals surface area contributed by atoms with Crippen molar-refractivity contribution in [3.63, 3.8) is 0 Å². The maximum Gasteiger partial charge on any atom is 0.194 e. The lowest BCUT2D eigenvalue weighted by Crippen LogP contribution is -2.40. The van der Waals surface area contributed by atoms with Crippen molar-refractivity contribution in [3.8, 4) is 16.9 Å². The maximum absolute atomic E-state index is 13.9. The second-order valence-corrected chi connectivity index (χ2v) is 8.11. The quantitative estimate of drug-likeness (QED) is 0.372. The molecule has 2 aromatic carbocycles. The van der Waals surface area contributed by atoms with E-state index in [0.717, 1.165) is 12.1 Å². The predicted molar refractivity (Wildman–Crippen MR) is 110 cm³/mol. The third kappa shape index (κ3) is 5.85. The van der Waals surface area contributed by atoms with E-state index in [9.17, 15) is 22.7 Å². The second-order valence-electron chi connectivity index (χ2n) is 8.11. The molecule has 0 bridgehead atoms. The third-order valence-electron chi connectivity index (χ3n) is 5.31. The normalized spacial score (nSPS) is 15.6. The van der Waals surface area contributed by atoms with Gasteiger partial charge in [-0.15, -0.1) is 0 Å². The SMILES string of the molecule is CC/C(F)=C\[C@@H]([C@H](C)[C@@H](C)Oc1ccc(-c2cc(F)c(F)c(F)c2)cc1)C(C)(C)O. The van der Waals surface area contributed by atoms with Gasteiger partial charge in [-0.05, 0) is 68.7 Å². The van der Waals surface area contributed by atoms with Crippen LogP contribution in [0.25, 0.3) is 11.1 Å². The molecule has 0 amide bonds. The molecule has 0 aliphatic heterocycles. The minimum absolute atomic E-state index is 0.206. The van der Waals surface area contributed by atoms with Crippen molar-refractivity contribution < 1.29 is 27.4 Å². The summed E-state index contributed by atoms with van der Waals surface area (Å²) in [6.07, 6.45) is 1.35. The van der Waals surface area contributed by atoms with Gasteiger partial charge in [-0.25, -0.2) is 17.6 Å². The first-order chi connectivity index (χ1) is 13.9. The summed E-state index contributed by atoms with van der Waals surface area (Å²) in [6.45, 7) is 8.69. The highest BCUT2D eigenvalue weighted by Gasteiger charge is 2.34. The standard InChI is InChI=1S/C24H28F4O2/c1-6-18(25)13-20(24(4,5)29)14(2)15(3)30-19-9-7-16(8-10-19)17-11-21(26)23(28)22(27)12-17/h7-15,20,29H,6H2,1-5H3/b18-13+/t14-,15-,20+/m1/s1. The van der Waals surface area contributed by atoms with E-state index in [-0.39, 0.29) is 29.8 Å². The number of rotatable bonds is 8. The number of aliphatic hydroxyl groups is 1. The minimum Gasteiger partial charge on any atom is -0.490 e. The van der Waals surface area contributed by atoms with Crippen LogP contribution in [-0.2, 0) is 0 Å². The Labute approximate surface area is 175 Å². The molecule has 30 heavy (non-hydrogen) atoms. The van der Waals surface area contributed by atoms with Crippen molar-refractivity contribution in [2.45, 2.75) is 52.7 Å². The fourth-order valence-electron chi connectivity index (χ4n) is 3.37. The summed E-state index contributed by atoms with van der Waals surface area (Å²) >= 11 is 0. The van der Waals surface area contributed by atoms with Gasteiger partial charge in [0.15, 0.2) is 17.5 Å². The zero-order chi connectivity index (χ0) is 22.6. The molecule has 0 saturated heterocycles. The minimum atomic E-state index is -1.50. The van der Waals surface area contributed by atoms with Crippen molar-refractivity contribution >= 4 is 0 Å². The van der Waals surface area contributed by atoms with Crippen LogP contribution in [0.15, 0.2) is 48.3 Å². The Bertz CT molecular complexity index is 862. The molecule has 2 nitrogen and oxygen atoms in total. The number of halogens is 4. The molecule has 164 valence electrons. The summed E-state index contributed by atoms with van der Waals surface area (Å²) in [5.41, 5.74) is -0.422. The molecule has 0 fully saturated rings. The summed E-state index contributed by atoms with van der Waals surface area (Å²) in [7, 11) is 0. The summed E-state index contributed by atoms with van der Waals surface area (Å²) in [4.78, 5) is 0. The predicted octanol–water partition coefficient (Wildman–Crippen LogP) is 6.82. The van der Waals surface area contributed by atoms with Gasteiger partial charge >= 0.3 is 0 Å². The molecule has 0 spiro atoms. The van der Waals surface area contributed by atoms with Gasteiger partial charge in [0.05, 0.1) is 17.5 Å². The van der Waals surface area contributed by atoms with E-state index in [0.29, 0.717) is 11.3 Å². The molecule has 0 heterocycles. The van der Waals surface area contributed by atoms with Crippen LogP contribution in [0.1, 0.15) is 41.0 Å².